The van der Waals surface area contributed by atoms with Gasteiger partial charge in [-0.3, -0.25) is 9.36 Å². The highest BCUT2D eigenvalue weighted by Gasteiger charge is 2.12. The van der Waals surface area contributed by atoms with Crippen LogP contribution < -0.4 is 10.1 Å². The second-order valence-electron chi connectivity index (χ2n) is 5.39. The summed E-state index contributed by atoms with van der Waals surface area (Å²) in [5, 5.41) is 3.40. The molecule has 3 rings (SSSR count). The molecule has 0 aliphatic rings. The fourth-order valence-corrected chi connectivity index (χ4v) is 2.61. The van der Waals surface area contributed by atoms with Gasteiger partial charge in [-0.25, -0.2) is 9.97 Å². The number of hydrogen-bond acceptors (Lipinski definition) is 4. The van der Waals surface area contributed by atoms with Crippen molar-refractivity contribution in [2.75, 3.05) is 7.11 Å². The topological polar surface area (TPSA) is 69.0 Å². The number of imidazole rings is 1. The van der Waals surface area contributed by atoms with Crippen molar-refractivity contribution in [3.8, 4) is 11.6 Å². The number of nitrogens with one attached hydrogen (secondary N) is 1. The highest BCUT2D eigenvalue weighted by atomic mass is 35.5. The summed E-state index contributed by atoms with van der Waals surface area (Å²) in [6.45, 7) is 2.27. The molecule has 1 amide bonds. The lowest BCUT2D eigenvalue weighted by Crippen LogP contribution is -2.23. The van der Waals surface area contributed by atoms with Crippen molar-refractivity contribution in [3.05, 3.63) is 70.9 Å². The van der Waals surface area contributed by atoms with Crippen LogP contribution in [0.3, 0.4) is 0 Å². The van der Waals surface area contributed by atoms with Crippen LogP contribution in [0.5, 0.6) is 5.75 Å². The number of rotatable bonds is 5. The number of methoxy groups -OCH3 is 1. The van der Waals surface area contributed by atoms with Crippen LogP contribution in [0.15, 0.2) is 48.9 Å². The molecule has 6 nitrogen and oxygen atoms in total. The molecule has 0 atom stereocenters. The number of halogens is 1. The van der Waals surface area contributed by atoms with E-state index < -0.39 is 0 Å². The third-order valence-corrected chi connectivity index (χ3v) is 3.98. The molecule has 0 aliphatic heterocycles. The van der Waals surface area contributed by atoms with Crippen LogP contribution in [0.2, 0.25) is 5.02 Å². The number of carbonyl (C=O) groups is 1. The van der Waals surface area contributed by atoms with Crippen LogP contribution in [0.4, 0.5) is 0 Å². The van der Waals surface area contributed by atoms with Crippen LogP contribution in [0.1, 0.15) is 21.7 Å². The Labute approximate surface area is 150 Å². The van der Waals surface area contributed by atoms with Crippen LogP contribution in [-0.2, 0) is 6.54 Å². The summed E-state index contributed by atoms with van der Waals surface area (Å²) in [5.74, 6) is 1.81. The van der Waals surface area contributed by atoms with Crippen LogP contribution in [0, 0.1) is 6.92 Å². The average molecular weight is 357 g/mol. The van der Waals surface area contributed by atoms with Gasteiger partial charge in [0.25, 0.3) is 5.91 Å². The fourth-order valence-electron chi connectivity index (χ4n) is 2.45. The molecule has 0 spiro atoms. The summed E-state index contributed by atoms with van der Waals surface area (Å²) in [7, 11) is 1.50. The molecule has 0 aliphatic carbocycles. The molecule has 0 unspecified atom stereocenters. The number of hydrogen-bond donors (Lipinski definition) is 1. The molecule has 0 saturated carbocycles. The molecule has 128 valence electrons. The highest BCUT2D eigenvalue weighted by Crippen LogP contribution is 2.23. The summed E-state index contributed by atoms with van der Waals surface area (Å²) in [6, 6.07) is 8.68. The van der Waals surface area contributed by atoms with Crippen molar-refractivity contribution in [2.45, 2.75) is 13.5 Å². The SMILES string of the molecule is COc1cc(Cl)ccc1C(=O)NCc1ccnc(-n2ccnc2C)c1. The Hall–Kier alpha value is -2.86. The van der Waals surface area contributed by atoms with Gasteiger partial charge < -0.3 is 10.1 Å². The Kier molecular flexibility index (Phi) is 5.00. The van der Waals surface area contributed by atoms with Gasteiger partial charge in [-0.15, -0.1) is 0 Å². The normalized spacial score (nSPS) is 10.5. The van der Waals surface area contributed by atoms with E-state index >= 15 is 0 Å². The number of nitrogens with zero attached hydrogens (tertiary/aromatic N) is 3. The summed E-state index contributed by atoms with van der Waals surface area (Å²) in [4.78, 5) is 20.9. The van der Waals surface area contributed by atoms with Crippen LogP contribution >= 0.6 is 11.6 Å². The maximum absolute atomic E-state index is 12.4. The van der Waals surface area contributed by atoms with E-state index in [9.17, 15) is 4.79 Å². The Morgan fingerprint density at radius 2 is 2.08 bits per heavy atom. The highest BCUT2D eigenvalue weighted by molar-refractivity contribution is 6.30. The molecule has 0 fully saturated rings. The Morgan fingerprint density at radius 3 is 2.80 bits per heavy atom. The minimum absolute atomic E-state index is 0.231. The van der Waals surface area contributed by atoms with E-state index in [2.05, 4.69) is 15.3 Å². The Morgan fingerprint density at radius 1 is 1.24 bits per heavy atom. The zero-order chi connectivity index (χ0) is 17.8. The minimum Gasteiger partial charge on any atom is -0.496 e. The monoisotopic (exact) mass is 356 g/mol. The molecule has 2 aromatic heterocycles. The first-order valence-corrected chi connectivity index (χ1v) is 8.03. The van der Waals surface area contributed by atoms with Gasteiger partial charge in [-0.2, -0.15) is 0 Å². The summed E-state index contributed by atoms with van der Waals surface area (Å²) >= 11 is 5.93. The smallest absolute Gasteiger partial charge is 0.255 e. The van der Waals surface area contributed by atoms with Gasteiger partial charge in [-0.05, 0) is 42.8 Å². The first-order chi connectivity index (χ1) is 12.1. The number of aryl methyl sites for hydroxylation is 1. The first kappa shape index (κ1) is 17.0. The van der Waals surface area contributed by atoms with E-state index in [0.29, 0.717) is 22.9 Å². The van der Waals surface area contributed by atoms with E-state index in [1.165, 1.54) is 7.11 Å². The predicted octanol–water partition coefficient (Wildman–Crippen LogP) is 3.17. The van der Waals surface area contributed by atoms with E-state index in [0.717, 1.165) is 17.2 Å². The second-order valence-corrected chi connectivity index (χ2v) is 5.83. The molecule has 7 heteroatoms. The number of amides is 1. The third-order valence-electron chi connectivity index (χ3n) is 3.74. The number of carbonyl (C=O) groups excluding carboxylic acids is 1. The zero-order valence-electron chi connectivity index (χ0n) is 13.9. The Bertz CT molecular complexity index is 908. The maximum Gasteiger partial charge on any atom is 0.255 e. The maximum atomic E-state index is 12.4. The van der Waals surface area contributed by atoms with E-state index in [1.54, 1.807) is 30.6 Å². The second kappa shape index (κ2) is 7.36. The molecule has 1 N–H and O–H groups in total. The number of benzene rings is 1. The van der Waals surface area contributed by atoms with Gasteiger partial charge in [0.2, 0.25) is 0 Å². The van der Waals surface area contributed by atoms with Gasteiger partial charge >= 0.3 is 0 Å². The lowest BCUT2D eigenvalue weighted by molar-refractivity contribution is 0.0948. The molecule has 25 heavy (non-hydrogen) atoms. The zero-order valence-corrected chi connectivity index (χ0v) is 14.6. The summed E-state index contributed by atoms with van der Waals surface area (Å²) in [5.41, 5.74) is 1.37. The Balaban J connectivity index is 1.74. The van der Waals surface area contributed by atoms with Crippen molar-refractivity contribution in [1.82, 2.24) is 19.9 Å². The standard InChI is InChI=1S/C18H17ClN4O2/c1-12-20-7-8-23(12)17-9-13(5-6-21-17)11-22-18(24)15-4-3-14(19)10-16(15)25-2/h3-10H,11H2,1-2H3,(H,22,24). The van der Waals surface area contributed by atoms with Gasteiger partial charge in [0.15, 0.2) is 0 Å². The van der Waals surface area contributed by atoms with Crippen molar-refractivity contribution in [2.24, 2.45) is 0 Å². The van der Waals surface area contributed by atoms with Gasteiger partial charge in [0.05, 0.1) is 12.7 Å². The quantitative estimate of drug-likeness (QED) is 0.762. The lowest BCUT2D eigenvalue weighted by atomic mass is 10.1. The van der Waals surface area contributed by atoms with Gasteiger partial charge in [-0.1, -0.05) is 11.6 Å². The van der Waals surface area contributed by atoms with Gasteiger partial charge in [0, 0.05) is 30.2 Å². The molecule has 1 aromatic carbocycles. The minimum atomic E-state index is -0.231. The number of ether oxygens (including phenoxy) is 1. The van der Waals surface area contributed by atoms with Crippen molar-refractivity contribution < 1.29 is 9.53 Å². The number of aromatic nitrogens is 3. The van der Waals surface area contributed by atoms with E-state index in [4.69, 9.17) is 16.3 Å². The molecule has 2 heterocycles. The molecule has 3 aromatic rings. The molecule has 0 radical (unpaired) electrons. The first-order valence-electron chi connectivity index (χ1n) is 7.65. The van der Waals surface area contributed by atoms with Crippen molar-refractivity contribution in [1.29, 1.82) is 0 Å². The largest absolute Gasteiger partial charge is 0.496 e. The summed E-state index contributed by atoms with van der Waals surface area (Å²) in [6.07, 6.45) is 5.27. The fraction of sp³-hybridized carbons (Fsp3) is 0.167. The molecule has 0 saturated heterocycles. The van der Waals surface area contributed by atoms with Crippen LogP contribution in [-0.4, -0.2) is 27.6 Å². The van der Waals surface area contributed by atoms with Crippen molar-refractivity contribution >= 4 is 17.5 Å². The lowest BCUT2D eigenvalue weighted by Gasteiger charge is -2.11. The van der Waals surface area contributed by atoms with Crippen molar-refractivity contribution in [3.63, 3.8) is 0 Å². The molecular formula is C18H17ClN4O2. The molecular weight excluding hydrogens is 340 g/mol. The molecule has 0 bridgehead atoms. The van der Waals surface area contributed by atoms with Crippen LogP contribution in [0.25, 0.3) is 5.82 Å². The van der Waals surface area contributed by atoms with E-state index in [1.807, 2.05) is 29.8 Å². The van der Waals surface area contributed by atoms with Gasteiger partial charge in [0.1, 0.15) is 17.4 Å². The average Bonchev–Trinajstić information content (AvgIpc) is 3.05. The predicted molar refractivity (Wildman–Crippen MR) is 95.3 cm³/mol. The van der Waals surface area contributed by atoms with E-state index in [-0.39, 0.29) is 5.91 Å². The third kappa shape index (κ3) is 3.80. The number of pyridine rings is 1. The summed E-state index contributed by atoms with van der Waals surface area (Å²) < 4.78 is 7.10.